The molecule has 8 aromatic rings. The first-order valence-corrected chi connectivity index (χ1v) is 13.8. The molecule has 0 saturated carbocycles. The van der Waals surface area contributed by atoms with Crippen LogP contribution >= 0.6 is 0 Å². The first-order chi connectivity index (χ1) is 19.6. The van der Waals surface area contributed by atoms with Gasteiger partial charge in [0.1, 0.15) is 5.65 Å². The van der Waals surface area contributed by atoms with Gasteiger partial charge in [0.15, 0.2) is 0 Å². The Hall–Kier alpha value is -5.02. The number of para-hydroxylation sites is 2. The Balaban J connectivity index is 1.37. The molecule has 40 heavy (non-hydrogen) atoms. The second-order valence-electron chi connectivity index (χ2n) is 11.5. The fraction of sp³-hybridized carbons (Fsp3) is 0.0811. The van der Waals surface area contributed by atoms with E-state index in [1.807, 2.05) is 12.3 Å². The average molecular weight is 512 g/mol. The predicted octanol–water partition coefficient (Wildman–Crippen LogP) is 9.32. The van der Waals surface area contributed by atoms with E-state index in [9.17, 15) is 0 Å². The van der Waals surface area contributed by atoms with E-state index in [0.717, 1.165) is 38.5 Å². The Morgan fingerprint density at radius 2 is 1.43 bits per heavy atom. The molecule has 0 fully saturated rings. The first kappa shape index (κ1) is 21.9. The van der Waals surface area contributed by atoms with Crippen LogP contribution in [0.2, 0.25) is 0 Å². The van der Waals surface area contributed by atoms with Gasteiger partial charge in [-0.15, -0.1) is 0 Å². The molecule has 1 aliphatic carbocycles. The summed E-state index contributed by atoms with van der Waals surface area (Å²) in [6.07, 6.45) is 1.88. The van der Waals surface area contributed by atoms with E-state index in [4.69, 9.17) is 9.97 Å². The molecule has 0 amide bonds. The molecule has 3 heteroatoms. The molecule has 0 bridgehead atoms. The molecule has 188 valence electrons. The fourth-order valence-corrected chi connectivity index (χ4v) is 7.04. The number of imidazole rings is 1. The summed E-state index contributed by atoms with van der Waals surface area (Å²) in [5.41, 5.74) is 13.1. The topological polar surface area (TPSA) is 30.2 Å². The van der Waals surface area contributed by atoms with Crippen LogP contribution in [0.25, 0.3) is 71.5 Å². The highest BCUT2D eigenvalue weighted by atomic mass is 15.0. The Morgan fingerprint density at radius 1 is 0.625 bits per heavy atom. The summed E-state index contributed by atoms with van der Waals surface area (Å²) < 4.78 is 2.31. The van der Waals surface area contributed by atoms with E-state index in [-0.39, 0.29) is 5.41 Å². The Kier molecular flexibility index (Phi) is 4.13. The molecule has 1 aliphatic rings. The quantitative estimate of drug-likeness (QED) is 0.206. The van der Waals surface area contributed by atoms with Gasteiger partial charge in [-0.1, -0.05) is 86.6 Å². The number of benzene rings is 5. The van der Waals surface area contributed by atoms with Crippen molar-refractivity contribution in [2.75, 3.05) is 0 Å². The molecule has 0 saturated heterocycles. The molecule has 0 spiro atoms. The summed E-state index contributed by atoms with van der Waals surface area (Å²) in [6, 6.07) is 39.7. The molecule has 0 atom stereocenters. The van der Waals surface area contributed by atoms with Crippen molar-refractivity contribution in [3.05, 3.63) is 127 Å². The summed E-state index contributed by atoms with van der Waals surface area (Å²) >= 11 is 0. The van der Waals surface area contributed by atoms with Gasteiger partial charge in [-0.2, -0.15) is 0 Å². The Labute approximate surface area is 231 Å². The van der Waals surface area contributed by atoms with Gasteiger partial charge in [0.05, 0.1) is 27.5 Å². The molecule has 0 aliphatic heterocycles. The standard InChI is InChI=1S/C37H25N3/c1-37(2)29-10-4-3-9-25(29)26-16-14-24(21-30(26)37)23-15-18-32-28(20-23)27-17-13-22-8-7-19-38-35(22)34(27)36-39-31-11-5-6-12-33(31)40(32)36/h3-21H,1-2H3. The van der Waals surface area contributed by atoms with Gasteiger partial charge in [0.2, 0.25) is 0 Å². The smallest absolute Gasteiger partial charge is 0.148 e. The number of pyridine rings is 2. The number of hydrogen-bond acceptors (Lipinski definition) is 2. The van der Waals surface area contributed by atoms with Crippen LogP contribution < -0.4 is 0 Å². The minimum absolute atomic E-state index is 0.0298. The first-order valence-electron chi connectivity index (χ1n) is 13.8. The highest BCUT2D eigenvalue weighted by Gasteiger charge is 2.35. The zero-order valence-electron chi connectivity index (χ0n) is 22.3. The van der Waals surface area contributed by atoms with Gasteiger partial charge in [0.25, 0.3) is 0 Å². The molecular formula is C37H25N3. The fourth-order valence-electron chi connectivity index (χ4n) is 7.04. The van der Waals surface area contributed by atoms with Crippen molar-refractivity contribution in [1.29, 1.82) is 0 Å². The summed E-state index contributed by atoms with van der Waals surface area (Å²) in [7, 11) is 0. The van der Waals surface area contributed by atoms with Gasteiger partial charge in [-0.3, -0.25) is 9.38 Å². The largest absolute Gasteiger partial charge is 0.292 e. The summed E-state index contributed by atoms with van der Waals surface area (Å²) in [4.78, 5) is 9.96. The molecule has 3 nitrogen and oxygen atoms in total. The number of fused-ring (bicyclic) bond motifs is 13. The highest BCUT2D eigenvalue weighted by Crippen LogP contribution is 2.49. The lowest BCUT2D eigenvalue weighted by Gasteiger charge is -2.22. The van der Waals surface area contributed by atoms with E-state index in [1.54, 1.807) is 0 Å². The van der Waals surface area contributed by atoms with Gasteiger partial charge in [0, 0.05) is 22.4 Å². The zero-order valence-corrected chi connectivity index (χ0v) is 22.3. The molecule has 5 aromatic carbocycles. The average Bonchev–Trinajstić information content (AvgIpc) is 3.50. The highest BCUT2D eigenvalue weighted by molar-refractivity contribution is 6.22. The zero-order chi connectivity index (χ0) is 26.6. The lowest BCUT2D eigenvalue weighted by molar-refractivity contribution is 0.660. The number of aromatic nitrogens is 3. The molecule has 3 heterocycles. The third-order valence-electron chi connectivity index (χ3n) is 9.00. The predicted molar refractivity (Wildman–Crippen MR) is 166 cm³/mol. The monoisotopic (exact) mass is 511 g/mol. The molecule has 0 unspecified atom stereocenters. The van der Waals surface area contributed by atoms with Crippen molar-refractivity contribution in [2.45, 2.75) is 19.3 Å². The number of nitrogens with zero attached hydrogens (tertiary/aromatic N) is 3. The van der Waals surface area contributed by atoms with Crippen LogP contribution in [0, 0.1) is 0 Å². The van der Waals surface area contributed by atoms with Crippen molar-refractivity contribution in [1.82, 2.24) is 14.4 Å². The SMILES string of the molecule is CC1(C)c2ccccc2-c2ccc(-c3ccc4c(c3)c3ccc5cccnc5c3c3nc5ccccc5n43)cc21. The lowest BCUT2D eigenvalue weighted by Crippen LogP contribution is -2.14. The van der Waals surface area contributed by atoms with Gasteiger partial charge < -0.3 is 0 Å². The van der Waals surface area contributed by atoms with Crippen LogP contribution in [0.3, 0.4) is 0 Å². The van der Waals surface area contributed by atoms with Crippen LogP contribution in [0.15, 0.2) is 115 Å². The van der Waals surface area contributed by atoms with Crippen molar-refractivity contribution in [3.8, 4) is 22.3 Å². The van der Waals surface area contributed by atoms with Crippen LogP contribution in [0.5, 0.6) is 0 Å². The molecular weight excluding hydrogens is 486 g/mol. The second-order valence-corrected chi connectivity index (χ2v) is 11.5. The van der Waals surface area contributed by atoms with E-state index < -0.39 is 0 Å². The third kappa shape index (κ3) is 2.74. The Morgan fingerprint density at radius 3 is 2.38 bits per heavy atom. The van der Waals surface area contributed by atoms with Crippen LogP contribution in [-0.4, -0.2) is 14.4 Å². The van der Waals surface area contributed by atoms with E-state index in [1.165, 1.54) is 44.2 Å². The van der Waals surface area contributed by atoms with Crippen LogP contribution in [0.4, 0.5) is 0 Å². The molecule has 3 aromatic heterocycles. The second kappa shape index (κ2) is 7.55. The van der Waals surface area contributed by atoms with Crippen molar-refractivity contribution in [2.24, 2.45) is 0 Å². The van der Waals surface area contributed by atoms with Gasteiger partial charge >= 0.3 is 0 Å². The normalized spacial score (nSPS) is 13.9. The number of hydrogen-bond donors (Lipinski definition) is 0. The third-order valence-corrected chi connectivity index (χ3v) is 9.00. The number of rotatable bonds is 1. The van der Waals surface area contributed by atoms with Gasteiger partial charge in [-0.25, -0.2) is 4.98 Å². The maximum Gasteiger partial charge on any atom is 0.148 e. The van der Waals surface area contributed by atoms with Crippen molar-refractivity contribution >= 4 is 49.3 Å². The molecule has 0 N–H and O–H groups in total. The van der Waals surface area contributed by atoms with E-state index in [0.29, 0.717) is 0 Å². The van der Waals surface area contributed by atoms with Crippen LogP contribution in [0.1, 0.15) is 25.0 Å². The Bertz CT molecular complexity index is 2360. The van der Waals surface area contributed by atoms with E-state index in [2.05, 4.69) is 121 Å². The maximum absolute atomic E-state index is 5.12. The summed E-state index contributed by atoms with van der Waals surface area (Å²) in [6.45, 7) is 4.68. The minimum Gasteiger partial charge on any atom is -0.292 e. The van der Waals surface area contributed by atoms with Crippen molar-refractivity contribution < 1.29 is 0 Å². The summed E-state index contributed by atoms with van der Waals surface area (Å²) in [5.74, 6) is 0. The minimum atomic E-state index is -0.0298. The van der Waals surface area contributed by atoms with Gasteiger partial charge in [-0.05, 0) is 75.2 Å². The molecule has 0 radical (unpaired) electrons. The van der Waals surface area contributed by atoms with E-state index >= 15 is 0 Å². The van der Waals surface area contributed by atoms with Crippen LogP contribution in [-0.2, 0) is 5.41 Å². The molecule has 9 rings (SSSR count). The van der Waals surface area contributed by atoms with Crippen molar-refractivity contribution in [3.63, 3.8) is 0 Å². The maximum atomic E-state index is 5.12. The lowest BCUT2D eigenvalue weighted by atomic mass is 9.81. The summed E-state index contributed by atoms with van der Waals surface area (Å²) in [5, 5.41) is 4.61.